The lowest BCUT2D eigenvalue weighted by molar-refractivity contribution is -0.141. The van der Waals surface area contributed by atoms with E-state index in [0.29, 0.717) is 106 Å². The quantitative estimate of drug-likeness (QED) is 0.0518. The fourth-order valence-electron chi connectivity index (χ4n) is 13.8. The molecular weight excluding hydrogens is 1170 g/mol. The van der Waals surface area contributed by atoms with E-state index >= 15 is 0 Å². The molecular formula is C72H80N8O12. The first-order chi connectivity index (χ1) is 44.1. The van der Waals surface area contributed by atoms with Crippen molar-refractivity contribution in [3.8, 4) is 0 Å². The third kappa shape index (κ3) is 11.5. The van der Waals surface area contributed by atoms with E-state index in [-0.39, 0.29) is 58.0 Å². The van der Waals surface area contributed by atoms with Gasteiger partial charge in [-0.05, 0) is 147 Å². The minimum absolute atomic E-state index is 0.0417. The van der Waals surface area contributed by atoms with Gasteiger partial charge in [-0.1, -0.05) is 53.7 Å². The van der Waals surface area contributed by atoms with Crippen LogP contribution in [0.15, 0.2) is 48.6 Å². The maximum atomic E-state index is 14.4. The van der Waals surface area contributed by atoms with Gasteiger partial charge in [0.1, 0.15) is 11.1 Å². The van der Waals surface area contributed by atoms with Crippen molar-refractivity contribution < 1.29 is 57.2 Å². The van der Waals surface area contributed by atoms with Gasteiger partial charge in [0.2, 0.25) is 0 Å². The van der Waals surface area contributed by atoms with Crippen molar-refractivity contribution in [3.05, 3.63) is 150 Å². The van der Waals surface area contributed by atoms with Crippen LogP contribution in [0.5, 0.6) is 0 Å². The predicted molar refractivity (Wildman–Crippen MR) is 353 cm³/mol. The molecule has 4 N–H and O–H groups in total. The van der Waals surface area contributed by atoms with Crippen LogP contribution in [0.4, 0.5) is 0 Å². The first-order valence-corrected chi connectivity index (χ1v) is 31.3. The Hall–Kier alpha value is -9.72. The van der Waals surface area contributed by atoms with E-state index in [0.717, 1.165) is 66.6 Å². The molecule has 0 saturated heterocycles. The molecule has 20 nitrogen and oxygen atoms in total. The van der Waals surface area contributed by atoms with Crippen LogP contribution in [-0.2, 0) is 50.9 Å². The number of esters is 6. The van der Waals surface area contributed by atoms with Gasteiger partial charge < -0.3 is 48.4 Å². The highest BCUT2D eigenvalue weighted by Gasteiger charge is 2.38. The number of allylic oxidation sites excluding steroid dienone is 6. The van der Waals surface area contributed by atoms with E-state index in [4.69, 9.17) is 48.4 Å². The van der Waals surface area contributed by atoms with E-state index in [1.807, 2.05) is 38.1 Å². The highest BCUT2D eigenvalue weighted by atomic mass is 16.5. The smallest absolute Gasteiger partial charge is 0.341 e. The zero-order chi connectivity index (χ0) is 66.3. The summed E-state index contributed by atoms with van der Waals surface area (Å²) in [5.74, 6) is -5.17. The average molecular weight is 1250 g/mol. The van der Waals surface area contributed by atoms with E-state index in [1.165, 1.54) is 42.7 Å². The molecule has 10 heterocycles. The molecule has 6 aromatic rings. The Balaban J connectivity index is 1.29. The molecule has 480 valence electrons. The van der Waals surface area contributed by atoms with E-state index in [2.05, 4.69) is 85.8 Å². The molecule has 4 aliphatic heterocycles. The summed E-state index contributed by atoms with van der Waals surface area (Å²) >= 11 is 0. The fourth-order valence-corrected chi connectivity index (χ4v) is 13.8. The maximum Gasteiger partial charge on any atom is 0.341 e. The minimum Gasteiger partial charge on any atom is -0.469 e. The highest BCUT2D eigenvalue weighted by molar-refractivity contribution is 6.11. The van der Waals surface area contributed by atoms with Crippen molar-refractivity contribution in [1.29, 1.82) is 0 Å². The molecule has 0 aromatic carbocycles. The summed E-state index contributed by atoms with van der Waals surface area (Å²) in [6, 6.07) is 11.9. The molecule has 16 bridgehead atoms. The molecule has 0 unspecified atom stereocenters. The number of fused-ring (bicyclic) bond motifs is 16. The molecule has 0 spiro atoms. The summed E-state index contributed by atoms with van der Waals surface area (Å²) in [5, 5.41) is 0. The van der Waals surface area contributed by atoms with Crippen LogP contribution in [0.2, 0.25) is 0 Å². The Morgan fingerprint density at radius 1 is 0.413 bits per heavy atom. The second kappa shape index (κ2) is 26.6. The van der Waals surface area contributed by atoms with E-state index in [9.17, 15) is 28.8 Å². The van der Waals surface area contributed by atoms with Gasteiger partial charge in [0.25, 0.3) is 0 Å². The molecule has 20 heteroatoms. The zero-order valence-corrected chi connectivity index (χ0v) is 55.3. The first-order valence-electron chi connectivity index (χ1n) is 31.3. The molecule has 0 fully saturated rings. The molecule has 10 rings (SSSR count). The van der Waals surface area contributed by atoms with Gasteiger partial charge >= 0.3 is 35.8 Å². The fraction of sp³-hybridized carbons (Fsp3) is 0.389. The largest absolute Gasteiger partial charge is 0.469 e. The SMILES string of the molecule is CCC1=C(/C=C/C2=C(CC)c3cc4[nH]c(c(C(=O)OC)c5nc(cc6[nH]c(cc2n3)c(CC)c6C)[C@@H](C)[C@@H]5CCC(=O)OC)c(C(=O)OC)c4C)c2cc3[nH]c(cc4nc(c(C(=O)OC)c5[nH]c(cc1n2)c(C)c5C(=O)OC)[C@@H](CCC(=O)OC)[C@@H]4C)c(C)c3CC. The van der Waals surface area contributed by atoms with Crippen LogP contribution in [-0.4, -0.2) is 118 Å². The first kappa shape index (κ1) is 65.2. The van der Waals surface area contributed by atoms with Crippen LogP contribution in [0.1, 0.15) is 224 Å². The van der Waals surface area contributed by atoms with Crippen molar-refractivity contribution in [1.82, 2.24) is 39.9 Å². The molecule has 0 saturated carbocycles. The predicted octanol–water partition coefficient (Wildman–Crippen LogP) is 14.0. The average Bonchev–Trinajstić information content (AvgIpc) is 1.61. The van der Waals surface area contributed by atoms with Gasteiger partial charge in [0, 0.05) is 92.1 Å². The number of hydrogen-bond donors (Lipinski definition) is 4. The minimum atomic E-state index is -0.730. The second-order valence-electron chi connectivity index (χ2n) is 23.7. The van der Waals surface area contributed by atoms with E-state index < -0.39 is 47.7 Å². The number of aryl methyl sites for hydroxylation is 6. The number of methoxy groups -OCH3 is 6. The molecule has 6 aromatic heterocycles. The Morgan fingerprint density at radius 3 is 1.08 bits per heavy atom. The lowest BCUT2D eigenvalue weighted by atomic mass is 9.85. The van der Waals surface area contributed by atoms with Crippen molar-refractivity contribution in [3.63, 3.8) is 0 Å². The number of nitrogens with zero attached hydrogens (tertiary/aromatic N) is 4. The molecule has 0 radical (unpaired) electrons. The van der Waals surface area contributed by atoms with Gasteiger partial charge in [0.15, 0.2) is 0 Å². The number of carbonyl (C=O) groups is 6. The van der Waals surface area contributed by atoms with Crippen LogP contribution < -0.4 is 0 Å². The summed E-state index contributed by atoms with van der Waals surface area (Å²) in [6.07, 6.45) is 7.28. The Morgan fingerprint density at radius 2 is 0.750 bits per heavy atom. The van der Waals surface area contributed by atoms with Gasteiger partial charge in [-0.15, -0.1) is 0 Å². The lowest BCUT2D eigenvalue weighted by Crippen LogP contribution is -2.13. The normalized spacial score (nSPS) is 16.3. The topological polar surface area (TPSA) is 273 Å². The van der Waals surface area contributed by atoms with E-state index in [1.54, 1.807) is 13.8 Å². The van der Waals surface area contributed by atoms with Crippen LogP contribution in [0, 0.1) is 27.7 Å². The van der Waals surface area contributed by atoms with Crippen molar-refractivity contribution in [2.45, 2.75) is 144 Å². The van der Waals surface area contributed by atoms with Gasteiger partial charge in [-0.2, -0.15) is 0 Å². The number of hydrogen-bond acceptors (Lipinski definition) is 16. The number of aromatic amines is 4. The Kier molecular flexibility index (Phi) is 18.9. The monoisotopic (exact) mass is 1250 g/mol. The van der Waals surface area contributed by atoms with Crippen LogP contribution in [0.3, 0.4) is 0 Å². The van der Waals surface area contributed by atoms with Crippen molar-refractivity contribution in [2.75, 3.05) is 42.7 Å². The summed E-state index contributed by atoms with van der Waals surface area (Å²) in [5.41, 5.74) is 18.1. The third-order valence-corrected chi connectivity index (χ3v) is 19.0. The van der Waals surface area contributed by atoms with Gasteiger partial charge in [-0.25, -0.2) is 29.1 Å². The van der Waals surface area contributed by atoms with Crippen molar-refractivity contribution >= 4 is 102 Å². The third-order valence-electron chi connectivity index (χ3n) is 19.0. The molecule has 4 aliphatic rings. The zero-order valence-electron chi connectivity index (χ0n) is 55.3. The molecule has 92 heavy (non-hydrogen) atoms. The number of aromatic nitrogens is 8. The summed E-state index contributed by atoms with van der Waals surface area (Å²) < 4.78 is 32.0. The molecule has 0 amide bonds. The van der Waals surface area contributed by atoms with Gasteiger partial charge in [0.05, 0.1) is 99.0 Å². The molecule has 0 aliphatic carbocycles. The Labute approximate surface area is 533 Å². The van der Waals surface area contributed by atoms with Crippen LogP contribution in [0.25, 0.3) is 66.4 Å². The maximum absolute atomic E-state index is 14.4. The number of H-pyrrole nitrogens is 4. The number of carbonyl (C=O) groups excluding carboxylic acids is 6. The standard InChI is InChI=1S/C72H80N8O12/c1-17-39-33(5)47-27-49-35(7)43(23-25-59(81)87-11)65(77-49)63(71(85)91-15)67-61(69(83)89-13)37(9)51(79-67)29-55-41(19-3)45(57(75-55)31-53(39)73-47)21-22-46-42(20-4)56-30-52-38(10)62(70(84)90-14)68(80-52)64(72(86)92-16)66-44(24-26-60(82)88-12)36(8)50(78-66)28-48-34(6)40(18-2)54(74-48)32-58(46)76-56/h21-22,27-32,35-36,43-44,73-74,79-80H,17-20,23-26H2,1-16H3/b22-21+,47-27?,48-28?,49-27?,50-28?,51-29?,52-30?,53-31?,54-32?,55-29?,56-30?,57-31?,58-32?,65-63?,66-64?,67-63?,68-64?/t35-,36-,43-,44-/m0/s1. The lowest BCUT2D eigenvalue weighted by Gasteiger charge is -2.17. The molecule has 4 atom stereocenters. The summed E-state index contributed by atoms with van der Waals surface area (Å²) in [7, 11) is 7.81. The number of ether oxygens (including phenoxy) is 6. The Bertz CT molecular complexity index is 4260. The van der Waals surface area contributed by atoms with Crippen LogP contribution >= 0.6 is 0 Å². The second-order valence-corrected chi connectivity index (χ2v) is 23.7. The number of nitrogens with one attached hydrogen (secondary N) is 4. The highest BCUT2D eigenvalue weighted by Crippen LogP contribution is 2.46. The number of rotatable bonds is 16. The summed E-state index contributed by atoms with van der Waals surface area (Å²) in [6.45, 7) is 20.1. The summed E-state index contributed by atoms with van der Waals surface area (Å²) in [4.78, 5) is 118. The van der Waals surface area contributed by atoms with Gasteiger partial charge in [-0.3, -0.25) is 19.6 Å². The van der Waals surface area contributed by atoms with Crippen molar-refractivity contribution in [2.24, 2.45) is 0 Å².